The molecule has 2 N–H and O–H groups in total. The van der Waals surface area contributed by atoms with Crippen LogP contribution in [0.2, 0.25) is 0 Å². The number of carbonyl (C=O) groups excluding carboxylic acids is 1. The number of aryl methyl sites for hydroxylation is 2. The van der Waals surface area contributed by atoms with Crippen molar-refractivity contribution < 1.29 is 9.90 Å². The Hall–Kier alpha value is -1.19. The van der Waals surface area contributed by atoms with Crippen LogP contribution in [-0.2, 0) is 12.8 Å². The molecule has 0 saturated heterocycles. The molecule has 0 aliphatic heterocycles. The average molecular weight is 233 g/mol. The van der Waals surface area contributed by atoms with Gasteiger partial charge in [-0.2, -0.15) is 0 Å². The molecule has 1 aliphatic carbocycles. The molecular weight excluding hydrogens is 214 g/mol. The van der Waals surface area contributed by atoms with Crippen molar-refractivity contribution in [2.24, 2.45) is 0 Å². The maximum Gasteiger partial charge on any atom is 0.192 e. The first kappa shape index (κ1) is 12.3. The van der Waals surface area contributed by atoms with Crippen molar-refractivity contribution >= 4 is 5.78 Å². The Morgan fingerprint density at radius 2 is 2.06 bits per heavy atom. The molecule has 0 spiro atoms. The lowest BCUT2D eigenvalue weighted by molar-refractivity contribution is 0.0750. The standard InChI is InChI=1S/C14H19NO2/c1-15-9-13(16)14(17)12-7-6-10-4-2-3-5-11(10)8-12/h6-8,13,15-16H,2-5,9H2,1H3. The molecule has 0 fully saturated rings. The molecule has 92 valence electrons. The van der Waals surface area contributed by atoms with Crippen molar-refractivity contribution in [3.05, 3.63) is 34.9 Å². The lowest BCUT2D eigenvalue weighted by Gasteiger charge is -2.17. The van der Waals surface area contributed by atoms with Crippen LogP contribution in [0.3, 0.4) is 0 Å². The van der Waals surface area contributed by atoms with Crippen molar-refractivity contribution in [2.45, 2.75) is 31.8 Å². The largest absolute Gasteiger partial charge is 0.384 e. The van der Waals surface area contributed by atoms with Crippen LogP contribution in [-0.4, -0.2) is 30.6 Å². The van der Waals surface area contributed by atoms with Crippen LogP contribution < -0.4 is 5.32 Å². The van der Waals surface area contributed by atoms with Crippen molar-refractivity contribution in [3.8, 4) is 0 Å². The number of fused-ring (bicyclic) bond motifs is 1. The highest BCUT2D eigenvalue weighted by Gasteiger charge is 2.18. The predicted molar refractivity (Wildman–Crippen MR) is 67.3 cm³/mol. The fourth-order valence-corrected chi connectivity index (χ4v) is 2.37. The van der Waals surface area contributed by atoms with Crippen LogP contribution in [0.5, 0.6) is 0 Å². The summed E-state index contributed by atoms with van der Waals surface area (Å²) < 4.78 is 0. The molecule has 1 aromatic rings. The summed E-state index contributed by atoms with van der Waals surface area (Å²) in [6.45, 7) is 0.302. The fraction of sp³-hybridized carbons (Fsp3) is 0.500. The number of likely N-dealkylation sites (N-methyl/N-ethyl adjacent to an activating group) is 1. The summed E-state index contributed by atoms with van der Waals surface area (Å²) in [5, 5.41) is 12.5. The maximum absolute atomic E-state index is 11.9. The van der Waals surface area contributed by atoms with Gasteiger partial charge in [-0.15, -0.1) is 0 Å². The van der Waals surface area contributed by atoms with E-state index in [0.717, 1.165) is 12.8 Å². The maximum atomic E-state index is 11.9. The minimum Gasteiger partial charge on any atom is -0.384 e. The van der Waals surface area contributed by atoms with Gasteiger partial charge in [0.1, 0.15) is 6.10 Å². The number of carbonyl (C=O) groups is 1. The van der Waals surface area contributed by atoms with Crippen LogP contribution in [0.4, 0.5) is 0 Å². The molecule has 0 amide bonds. The smallest absolute Gasteiger partial charge is 0.192 e. The third kappa shape index (κ3) is 2.73. The quantitative estimate of drug-likeness (QED) is 0.771. The number of nitrogens with one attached hydrogen (secondary N) is 1. The summed E-state index contributed by atoms with van der Waals surface area (Å²) in [5.41, 5.74) is 3.27. The Morgan fingerprint density at radius 1 is 1.35 bits per heavy atom. The van der Waals surface area contributed by atoms with E-state index in [9.17, 15) is 9.90 Å². The van der Waals surface area contributed by atoms with Crippen LogP contribution in [0, 0.1) is 0 Å². The number of aliphatic hydroxyl groups is 1. The number of hydrogen-bond donors (Lipinski definition) is 2. The normalized spacial score (nSPS) is 16.4. The first-order valence-corrected chi connectivity index (χ1v) is 6.21. The van der Waals surface area contributed by atoms with Gasteiger partial charge >= 0.3 is 0 Å². The van der Waals surface area contributed by atoms with E-state index in [1.807, 2.05) is 18.2 Å². The Kier molecular flexibility index (Phi) is 3.92. The Morgan fingerprint density at radius 3 is 2.76 bits per heavy atom. The minimum absolute atomic E-state index is 0.187. The predicted octanol–water partition coefficient (Wildman–Crippen LogP) is 1.33. The van der Waals surface area contributed by atoms with E-state index < -0.39 is 6.10 Å². The van der Waals surface area contributed by atoms with Crippen LogP contribution in [0.15, 0.2) is 18.2 Å². The van der Waals surface area contributed by atoms with Gasteiger partial charge in [0, 0.05) is 12.1 Å². The molecule has 1 atom stereocenters. The van der Waals surface area contributed by atoms with Crippen LogP contribution in [0.1, 0.15) is 34.3 Å². The SMILES string of the molecule is CNCC(O)C(=O)c1ccc2c(c1)CCCC2. The third-order valence-electron chi connectivity index (χ3n) is 3.33. The highest BCUT2D eigenvalue weighted by atomic mass is 16.3. The summed E-state index contributed by atoms with van der Waals surface area (Å²) in [5.74, 6) is -0.187. The van der Waals surface area contributed by atoms with E-state index in [1.165, 1.54) is 24.0 Å². The second-order valence-electron chi connectivity index (χ2n) is 4.63. The van der Waals surface area contributed by atoms with Gasteiger partial charge in [0.2, 0.25) is 0 Å². The number of benzene rings is 1. The number of aliphatic hydroxyl groups excluding tert-OH is 1. The molecule has 1 aliphatic rings. The number of hydrogen-bond acceptors (Lipinski definition) is 3. The van der Waals surface area contributed by atoms with Gasteiger partial charge in [-0.25, -0.2) is 0 Å². The summed E-state index contributed by atoms with van der Waals surface area (Å²) in [6.07, 6.45) is 3.66. The van der Waals surface area contributed by atoms with Gasteiger partial charge in [-0.1, -0.05) is 12.1 Å². The Labute approximate surface area is 102 Å². The monoisotopic (exact) mass is 233 g/mol. The molecule has 2 rings (SSSR count). The molecule has 0 aromatic heterocycles. The molecule has 1 aromatic carbocycles. The highest BCUT2D eigenvalue weighted by molar-refractivity contribution is 5.99. The first-order valence-electron chi connectivity index (χ1n) is 6.21. The summed E-state index contributed by atoms with van der Waals surface area (Å²) in [4.78, 5) is 11.9. The molecule has 1 unspecified atom stereocenters. The zero-order valence-electron chi connectivity index (χ0n) is 10.2. The molecule has 3 heteroatoms. The van der Waals surface area contributed by atoms with Crippen molar-refractivity contribution in [3.63, 3.8) is 0 Å². The van der Waals surface area contributed by atoms with E-state index in [-0.39, 0.29) is 5.78 Å². The van der Waals surface area contributed by atoms with Crippen LogP contribution in [0.25, 0.3) is 0 Å². The minimum atomic E-state index is -0.943. The van der Waals surface area contributed by atoms with Gasteiger partial charge in [0.15, 0.2) is 5.78 Å². The first-order chi connectivity index (χ1) is 8.22. The Balaban J connectivity index is 2.19. The van der Waals surface area contributed by atoms with Gasteiger partial charge < -0.3 is 10.4 Å². The van der Waals surface area contributed by atoms with Gasteiger partial charge in [-0.05, 0) is 49.9 Å². The average Bonchev–Trinajstić information content (AvgIpc) is 2.37. The van der Waals surface area contributed by atoms with Crippen LogP contribution >= 0.6 is 0 Å². The second-order valence-corrected chi connectivity index (χ2v) is 4.63. The molecule has 3 nitrogen and oxygen atoms in total. The molecule has 0 heterocycles. The summed E-state index contributed by atoms with van der Waals surface area (Å²) in [7, 11) is 1.73. The van der Waals surface area contributed by atoms with Gasteiger partial charge in [0.05, 0.1) is 0 Å². The van der Waals surface area contributed by atoms with Crippen molar-refractivity contribution in [1.82, 2.24) is 5.32 Å². The zero-order valence-corrected chi connectivity index (χ0v) is 10.2. The van der Waals surface area contributed by atoms with Crippen molar-refractivity contribution in [2.75, 3.05) is 13.6 Å². The highest BCUT2D eigenvalue weighted by Crippen LogP contribution is 2.22. The van der Waals surface area contributed by atoms with Gasteiger partial charge in [-0.3, -0.25) is 4.79 Å². The van der Waals surface area contributed by atoms with Crippen molar-refractivity contribution in [1.29, 1.82) is 0 Å². The Bertz CT molecular complexity index is 415. The summed E-state index contributed by atoms with van der Waals surface area (Å²) >= 11 is 0. The van der Waals surface area contributed by atoms with E-state index in [4.69, 9.17) is 0 Å². The third-order valence-corrected chi connectivity index (χ3v) is 3.33. The molecule has 17 heavy (non-hydrogen) atoms. The van der Waals surface area contributed by atoms with E-state index in [2.05, 4.69) is 5.32 Å². The number of Topliss-reactive ketones (excluding diaryl/α,β-unsaturated/α-hetero) is 1. The van der Waals surface area contributed by atoms with E-state index in [0.29, 0.717) is 12.1 Å². The molecule has 0 bridgehead atoms. The second kappa shape index (κ2) is 5.43. The van der Waals surface area contributed by atoms with E-state index in [1.54, 1.807) is 7.05 Å². The zero-order chi connectivity index (χ0) is 12.3. The lowest BCUT2D eigenvalue weighted by Crippen LogP contribution is -2.31. The number of ketones is 1. The molecular formula is C14H19NO2. The molecule has 0 radical (unpaired) electrons. The number of rotatable bonds is 4. The topological polar surface area (TPSA) is 49.3 Å². The lowest BCUT2D eigenvalue weighted by atomic mass is 9.89. The van der Waals surface area contributed by atoms with E-state index >= 15 is 0 Å². The molecule has 0 saturated carbocycles. The summed E-state index contributed by atoms with van der Waals surface area (Å²) in [6, 6.07) is 5.83. The fourth-order valence-electron chi connectivity index (χ4n) is 2.37. The van der Waals surface area contributed by atoms with Gasteiger partial charge in [0.25, 0.3) is 0 Å².